The molecule has 26 heavy (non-hydrogen) atoms. The number of rotatable bonds is 3. The first-order chi connectivity index (χ1) is 12.4. The minimum Gasteiger partial charge on any atom is -0.457 e. The van der Waals surface area contributed by atoms with Crippen molar-refractivity contribution in [3.05, 3.63) is 59.4 Å². The molecule has 0 aromatic heterocycles. The van der Waals surface area contributed by atoms with Crippen LogP contribution >= 0.6 is 11.8 Å². The van der Waals surface area contributed by atoms with Gasteiger partial charge in [-0.3, -0.25) is 0 Å². The molecule has 0 saturated carbocycles. The van der Waals surface area contributed by atoms with Gasteiger partial charge in [0.2, 0.25) is 0 Å². The van der Waals surface area contributed by atoms with Crippen LogP contribution in [0.25, 0.3) is 0 Å². The van der Waals surface area contributed by atoms with Gasteiger partial charge < -0.3 is 9.64 Å². The summed E-state index contributed by atoms with van der Waals surface area (Å²) < 4.78 is 45.4. The summed E-state index contributed by atoms with van der Waals surface area (Å²) >= 11 is 1.21. The molecule has 4 rings (SSSR count). The van der Waals surface area contributed by atoms with E-state index >= 15 is 0 Å². The summed E-state index contributed by atoms with van der Waals surface area (Å²) in [6, 6.07) is 10.9. The van der Waals surface area contributed by atoms with Crippen molar-refractivity contribution in [1.29, 1.82) is 0 Å². The van der Waals surface area contributed by atoms with Gasteiger partial charge in [-0.05, 0) is 47.7 Å². The zero-order chi connectivity index (χ0) is 18.3. The van der Waals surface area contributed by atoms with Crippen LogP contribution in [0.1, 0.15) is 15.9 Å². The number of nitrogens with zero attached hydrogens (tertiary/aromatic N) is 2. The number of esters is 1. The quantitative estimate of drug-likeness (QED) is 0.748. The van der Waals surface area contributed by atoms with Gasteiger partial charge in [0.25, 0.3) is 10.0 Å². The maximum absolute atomic E-state index is 13.2. The van der Waals surface area contributed by atoms with E-state index < -0.39 is 16.0 Å². The number of hydrogen-bond donors (Lipinski definition) is 0. The smallest absolute Gasteiger partial charge is 0.338 e. The first-order valence-electron chi connectivity index (χ1n) is 7.75. The van der Waals surface area contributed by atoms with E-state index in [2.05, 4.69) is 4.40 Å². The largest absolute Gasteiger partial charge is 0.457 e. The van der Waals surface area contributed by atoms with Crippen molar-refractivity contribution in [2.45, 2.75) is 11.5 Å². The number of carbonyl (C=O) groups is 1. The Morgan fingerprint density at radius 3 is 2.92 bits per heavy atom. The third kappa shape index (κ3) is 3.32. The molecule has 2 aliphatic heterocycles. The molecule has 0 aliphatic carbocycles. The zero-order valence-corrected chi connectivity index (χ0v) is 15.0. The Morgan fingerprint density at radius 2 is 2.12 bits per heavy atom. The number of carbonyl (C=O) groups excluding carboxylic acids is 1. The van der Waals surface area contributed by atoms with E-state index in [1.54, 1.807) is 30.3 Å². The van der Waals surface area contributed by atoms with Gasteiger partial charge in [-0.25, -0.2) is 17.6 Å². The second-order valence-corrected chi connectivity index (χ2v) is 8.57. The number of benzene rings is 2. The Morgan fingerprint density at radius 1 is 1.27 bits per heavy atom. The van der Waals surface area contributed by atoms with Crippen molar-refractivity contribution in [3.63, 3.8) is 0 Å². The highest BCUT2D eigenvalue weighted by molar-refractivity contribution is 8.15. The zero-order valence-electron chi connectivity index (χ0n) is 13.4. The predicted octanol–water partition coefficient (Wildman–Crippen LogP) is 2.79. The van der Waals surface area contributed by atoms with Crippen LogP contribution in [-0.2, 0) is 21.4 Å². The van der Waals surface area contributed by atoms with E-state index in [1.807, 2.05) is 4.90 Å². The Balaban J connectivity index is 1.51. The Kier molecular flexibility index (Phi) is 4.20. The number of halogens is 1. The van der Waals surface area contributed by atoms with E-state index in [9.17, 15) is 17.6 Å². The van der Waals surface area contributed by atoms with Crippen LogP contribution in [0, 0.1) is 5.82 Å². The topological polar surface area (TPSA) is 76.0 Å². The van der Waals surface area contributed by atoms with Crippen molar-refractivity contribution in [3.8, 4) is 0 Å². The molecule has 0 radical (unpaired) electrons. The third-order valence-corrected chi connectivity index (χ3v) is 6.27. The number of ether oxygens (including phenoxy) is 1. The van der Waals surface area contributed by atoms with Gasteiger partial charge in [0.1, 0.15) is 12.4 Å². The summed E-state index contributed by atoms with van der Waals surface area (Å²) in [7, 11) is -3.42. The molecular weight excluding hydrogens is 379 g/mol. The molecular formula is C17H13FN2O4S2. The minimum absolute atomic E-state index is 0.0299. The van der Waals surface area contributed by atoms with Crippen molar-refractivity contribution < 1.29 is 22.3 Å². The molecule has 2 aliphatic rings. The number of thioether (sulfide) groups is 1. The molecule has 9 heteroatoms. The summed E-state index contributed by atoms with van der Waals surface area (Å²) in [5.74, 6) is -0.953. The molecule has 134 valence electrons. The van der Waals surface area contributed by atoms with Crippen LogP contribution < -0.4 is 4.90 Å². The lowest BCUT2D eigenvalue weighted by Gasteiger charge is -2.22. The fraction of sp³-hybridized carbons (Fsp3) is 0.176. The van der Waals surface area contributed by atoms with Gasteiger partial charge in [0.15, 0.2) is 5.17 Å². The third-order valence-electron chi connectivity index (χ3n) is 3.97. The normalized spacial score (nSPS) is 17.3. The van der Waals surface area contributed by atoms with Crippen molar-refractivity contribution in [2.24, 2.45) is 4.40 Å². The Labute approximate surface area is 153 Å². The lowest BCUT2D eigenvalue weighted by molar-refractivity contribution is 0.0472. The monoisotopic (exact) mass is 392 g/mol. The number of amidine groups is 1. The predicted molar refractivity (Wildman–Crippen MR) is 96.4 cm³/mol. The highest BCUT2D eigenvalue weighted by Gasteiger charge is 2.33. The average Bonchev–Trinajstić information content (AvgIpc) is 2.94. The second-order valence-electron chi connectivity index (χ2n) is 5.80. The summed E-state index contributed by atoms with van der Waals surface area (Å²) in [5, 5.41) is 0.400. The molecule has 6 nitrogen and oxygen atoms in total. The molecule has 0 fully saturated rings. The van der Waals surface area contributed by atoms with Crippen molar-refractivity contribution in [2.75, 3.05) is 17.2 Å². The summed E-state index contributed by atoms with van der Waals surface area (Å²) in [4.78, 5) is 14.8. The van der Waals surface area contributed by atoms with Gasteiger partial charge in [0, 0.05) is 11.4 Å². The molecule has 2 aromatic carbocycles. The lowest BCUT2D eigenvalue weighted by atomic mass is 10.2. The molecule has 0 amide bonds. The van der Waals surface area contributed by atoms with Gasteiger partial charge in [-0.2, -0.15) is 0 Å². The van der Waals surface area contributed by atoms with Gasteiger partial charge in [-0.1, -0.05) is 12.1 Å². The van der Waals surface area contributed by atoms with Crippen LogP contribution in [0.3, 0.4) is 0 Å². The van der Waals surface area contributed by atoms with Gasteiger partial charge in [-0.15, -0.1) is 4.40 Å². The van der Waals surface area contributed by atoms with Crippen LogP contribution in [-0.4, -0.2) is 31.9 Å². The highest BCUT2D eigenvalue weighted by Crippen LogP contribution is 2.42. The fourth-order valence-corrected chi connectivity index (χ4v) is 5.01. The SMILES string of the molecule is O=C(OCc1cccc(F)c1)c1ccc2c(c1)SC1=NS(=O)(=O)CCN12. The molecule has 0 bridgehead atoms. The fourth-order valence-electron chi connectivity index (χ4n) is 2.72. The molecule has 0 N–H and O–H groups in total. The van der Waals surface area contributed by atoms with Crippen LogP contribution in [0.4, 0.5) is 10.1 Å². The van der Waals surface area contributed by atoms with E-state index in [1.165, 1.54) is 23.9 Å². The molecule has 0 atom stereocenters. The van der Waals surface area contributed by atoms with Crippen molar-refractivity contribution >= 4 is 38.6 Å². The van der Waals surface area contributed by atoms with Crippen LogP contribution in [0.2, 0.25) is 0 Å². The summed E-state index contributed by atoms with van der Waals surface area (Å²) in [6.45, 7) is 0.308. The molecule has 0 unspecified atom stereocenters. The van der Waals surface area contributed by atoms with Crippen LogP contribution in [0.15, 0.2) is 51.8 Å². The minimum atomic E-state index is -3.42. The molecule has 2 heterocycles. The van der Waals surface area contributed by atoms with Crippen molar-refractivity contribution in [1.82, 2.24) is 0 Å². The molecule has 0 saturated heterocycles. The summed E-state index contributed by atoms with van der Waals surface area (Å²) in [5.41, 5.74) is 1.73. The second kappa shape index (κ2) is 6.40. The Hall–Kier alpha value is -2.39. The van der Waals surface area contributed by atoms with Gasteiger partial charge >= 0.3 is 5.97 Å². The highest BCUT2D eigenvalue weighted by atomic mass is 32.2. The molecule has 2 aromatic rings. The first-order valence-corrected chi connectivity index (χ1v) is 10.2. The number of fused-ring (bicyclic) bond motifs is 3. The van der Waals surface area contributed by atoms with E-state index in [4.69, 9.17) is 4.74 Å². The maximum Gasteiger partial charge on any atom is 0.338 e. The van der Waals surface area contributed by atoms with Gasteiger partial charge in [0.05, 0.1) is 17.0 Å². The standard InChI is InChI=1S/C17H13FN2O4S2/c18-13-3-1-2-11(8-13)10-24-16(21)12-4-5-14-15(9-12)25-17-19-26(22,23)7-6-20(14)17/h1-5,8-9H,6-7,10H2. The summed E-state index contributed by atoms with van der Waals surface area (Å²) in [6.07, 6.45) is 0. The average molecular weight is 392 g/mol. The number of anilines is 1. The van der Waals surface area contributed by atoms with E-state index in [-0.39, 0.29) is 18.2 Å². The maximum atomic E-state index is 13.2. The lowest BCUT2D eigenvalue weighted by Crippen LogP contribution is -2.35. The Bertz CT molecular complexity index is 1040. The molecule has 0 spiro atoms. The van der Waals surface area contributed by atoms with E-state index in [0.717, 1.165) is 10.6 Å². The van der Waals surface area contributed by atoms with Crippen LogP contribution in [0.5, 0.6) is 0 Å². The number of sulfonamides is 1. The van der Waals surface area contributed by atoms with E-state index in [0.29, 0.717) is 22.8 Å². The first kappa shape index (κ1) is 17.0. The number of hydrogen-bond acceptors (Lipinski definition) is 6.